The number of halogens is 1. The number of hydrazone groups is 1. The van der Waals surface area contributed by atoms with Crippen molar-refractivity contribution in [3.63, 3.8) is 0 Å². The number of nitrogens with one attached hydrogen (secondary N) is 1. The van der Waals surface area contributed by atoms with Crippen LogP contribution in [0.5, 0.6) is 0 Å². The Morgan fingerprint density at radius 2 is 2.00 bits per heavy atom. The van der Waals surface area contributed by atoms with Gasteiger partial charge >= 0.3 is 0 Å². The van der Waals surface area contributed by atoms with E-state index in [1.165, 1.54) is 6.33 Å². The van der Waals surface area contributed by atoms with Gasteiger partial charge in [0.15, 0.2) is 5.82 Å². The van der Waals surface area contributed by atoms with Crippen molar-refractivity contribution in [3.8, 4) is 0 Å². The Balaban J connectivity index is 1.78. The molecule has 0 radical (unpaired) electrons. The molecule has 1 aromatic carbocycles. The molecule has 0 aliphatic carbocycles. The van der Waals surface area contributed by atoms with Gasteiger partial charge in [-0.2, -0.15) is 5.10 Å². The summed E-state index contributed by atoms with van der Waals surface area (Å²) in [6.07, 6.45) is 3.25. The van der Waals surface area contributed by atoms with Gasteiger partial charge in [0.2, 0.25) is 0 Å². The lowest BCUT2D eigenvalue weighted by atomic mass is 10.2. The average Bonchev–Trinajstić information content (AvgIpc) is 2.90. The Kier molecular flexibility index (Phi) is 3.39. The maximum atomic E-state index is 5.82. The number of hydrogen-bond donors (Lipinski definition) is 1. The van der Waals surface area contributed by atoms with Crippen LogP contribution in [-0.2, 0) is 0 Å². The van der Waals surface area contributed by atoms with E-state index >= 15 is 0 Å². The summed E-state index contributed by atoms with van der Waals surface area (Å²) in [5.41, 5.74) is 3.89. The van der Waals surface area contributed by atoms with Crippen molar-refractivity contribution < 1.29 is 0 Å². The first-order chi connectivity index (χ1) is 9.33. The van der Waals surface area contributed by atoms with Gasteiger partial charge in [0.1, 0.15) is 11.2 Å². The third-order valence-corrected chi connectivity index (χ3v) is 3.59. The van der Waals surface area contributed by atoms with Gasteiger partial charge < -0.3 is 0 Å². The van der Waals surface area contributed by atoms with Crippen molar-refractivity contribution in [1.82, 2.24) is 9.97 Å². The lowest BCUT2D eigenvalue weighted by molar-refractivity contribution is 1.19. The molecule has 0 saturated carbocycles. The van der Waals surface area contributed by atoms with E-state index in [9.17, 15) is 0 Å². The van der Waals surface area contributed by atoms with Crippen LogP contribution < -0.4 is 5.43 Å². The zero-order valence-corrected chi connectivity index (χ0v) is 11.3. The second-order valence-electron chi connectivity index (χ2n) is 3.78. The Bertz CT molecular complexity index is 721. The summed E-state index contributed by atoms with van der Waals surface area (Å²) in [5, 5.41) is 7.83. The molecule has 2 aromatic heterocycles. The smallest absolute Gasteiger partial charge is 0.158 e. The van der Waals surface area contributed by atoms with E-state index in [0.717, 1.165) is 15.8 Å². The number of rotatable bonds is 3. The second-order valence-corrected chi connectivity index (χ2v) is 5.11. The quantitative estimate of drug-likeness (QED) is 0.589. The molecule has 6 heteroatoms. The van der Waals surface area contributed by atoms with Gasteiger partial charge in [-0.3, -0.25) is 5.43 Å². The SMILES string of the molecule is Clc1ccc(/C=N/Nc2ncnc3sccc23)cc1. The minimum absolute atomic E-state index is 0.705. The first kappa shape index (κ1) is 12.1. The monoisotopic (exact) mass is 288 g/mol. The van der Waals surface area contributed by atoms with Gasteiger partial charge in [-0.25, -0.2) is 9.97 Å². The molecule has 0 bridgehead atoms. The van der Waals surface area contributed by atoms with Crippen LogP contribution in [0.25, 0.3) is 10.2 Å². The largest absolute Gasteiger partial charge is 0.261 e. The average molecular weight is 289 g/mol. The van der Waals surface area contributed by atoms with Gasteiger partial charge in [-0.15, -0.1) is 11.3 Å². The molecule has 2 heterocycles. The molecule has 94 valence electrons. The molecule has 0 aliphatic rings. The summed E-state index contributed by atoms with van der Waals surface area (Å²) in [5.74, 6) is 0.705. The van der Waals surface area contributed by atoms with Crippen LogP contribution in [0.1, 0.15) is 5.56 Å². The summed E-state index contributed by atoms with van der Waals surface area (Å²) in [4.78, 5) is 9.30. The maximum absolute atomic E-state index is 5.82. The minimum Gasteiger partial charge on any atom is -0.261 e. The Labute approximate surface area is 118 Å². The highest BCUT2D eigenvalue weighted by Gasteiger charge is 2.02. The van der Waals surface area contributed by atoms with Crippen LogP contribution in [0.3, 0.4) is 0 Å². The molecule has 0 unspecified atom stereocenters. The topological polar surface area (TPSA) is 50.2 Å². The summed E-state index contributed by atoms with van der Waals surface area (Å²) in [7, 11) is 0. The van der Waals surface area contributed by atoms with Crippen molar-refractivity contribution in [2.24, 2.45) is 5.10 Å². The van der Waals surface area contributed by atoms with Crippen LogP contribution in [0.4, 0.5) is 5.82 Å². The highest BCUT2D eigenvalue weighted by atomic mass is 35.5. The summed E-state index contributed by atoms with van der Waals surface area (Å²) in [6.45, 7) is 0. The number of nitrogens with zero attached hydrogens (tertiary/aromatic N) is 3. The van der Waals surface area contributed by atoms with Crippen molar-refractivity contribution >= 4 is 45.2 Å². The van der Waals surface area contributed by atoms with Crippen molar-refractivity contribution in [2.45, 2.75) is 0 Å². The van der Waals surface area contributed by atoms with E-state index in [2.05, 4.69) is 20.5 Å². The highest BCUT2D eigenvalue weighted by molar-refractivity contribution is 7.16. The lowest BCUT2D eigenvalue weighted by Gasteiger charge is -2.00. The van der Waals surface area contributed by atoms with Crippen molar-refractivity contribution in [2.75, 3.05) is 5.43 Å². The van der Waals surface area contributed by atoms with E-state index in [1.54, 1.807) is 17.6 Å². The molecule has 0 saturated heterocycles. The molecule has 0 spiro atoms. The molecule has 1 N–H and O–H groups in total. The third-order valence-electron chi connectivity index (χ3n) is 2.52. The minimum atomic E-state index is 0.705. The van der Waals surface area contributed by atoms with Crippen LogP contribution in [-0.4, -0.2) is 16.2 Å². The van der Waals surface area contributed by atoms with E-state index in [-0.39, 0.29) is 0 Å². The van der Waals surface area contributed by atoms with Gasteiger partial charge in [0.05, 0.1) is 11.6 Å². The van der Waals surface area contributed by atoms with Crippen molar-refractivity contribution in [1.29, 1.82) is 0 Å². The van der Waals surface area contributed by atoms with E-state index in [0.29, 0.717) is 10.8 Å². The molecule has 3 rings (SSSR count). The summed E-state index contributed by atoms with van der Waals surface area (Å²) < 4.78 is 0. The molecule has 3 aromatic rings. The zero-order chi connectivity index (χ0) is 13.1. The van der Waals surface area contributed by atoms with Gasteiger partial charge in [-0.05, 0) is 29.1 Å². The first-order valence-corrected chi connectivity index (χ1v) is 6.81. The fraction of sp³-hybridized carbons (Fsp3) is 0. The number of aromatic nitrogens is 2. The van der Waals surface area contributed by atoms with Gasteiger partial charge in [0, 0.05) is 5.02 Å². The maximum Gasteiger partial charge on any atom is 0.158 e. The zero-order valence-electron chi connectivity index (χ0n) is 9.75. The van der Waals surface area contributed by atoms with Crippen LogP contribution in [0.2, 0.25) is 5.02 Å². The van der Waals surface area contributed by atoms with Crippen LogP contribution >= 0.6 is 22.9 Å². The fourth-order valence-electron chi connectivity index (χ4n) is 1.60. The Morgan fingerprint density at radius 3 is 2.84 bits per heavy atom. The number of fused-ring (bicyclic) bond motifs is 1. The molecule has 0 aliphatic heterocycles. The molecule has 19 heavy (non-hydrogen) atoms. The van der Waals surface area contributed by atoms with E-state index in [1.807, 2.05) is 35.7 Å². The van der Waals surface area contributed by atoms with Crippen LogP contribution in [0.15, 0.2) is 47.1 Å². The predicted molar refractivity (Wildman–Crippen MR) is 80.1 cm³/mol. The molecular formula is C13H9ClN4S. The third kappa shape index (κ3) is 2.72. The number of hydrogen-bond acceptors (Lipinski definition) is 5. The highest BCUT2D eigenvalue weighted by Crippen LogP contribution is 2.23. The molecule has 4 nitrogen and oxygen atoms in total. The molecule has 0 atom stereocenters. The number of thiophene rings is 1. The fourth-order valence-corrected chi connectivity index (χ4v) is 2.45. The first-order valence-electron chi connectivity index (χ1n) is 5.56. The summed E-state index contributed by atoms with van der Waals surface area (Å²) >= 11 is 7.39. The number of benzene rings is 1. The molecular weight excluding hydrogens is 280 g/mol. The summed E-state index contributed by atoms with van der Waals surface area (Å²) in [6, 6.07) is 9.41. The molecule has 0 amide bonds. The Hall–Kier alpha value is -1.98. The second kappa shape index (κ2) is 5.34. The van der Waals surface area contributed by atoms with Gasteiger partial charge in [0.25, 0.3) is 0 Å². The van der Waals surface area contributed by atoms with E-state index in [4.69, 9.17) is 11.6 Å². The van der Waals surface area contributed by atoms with Crippen LogP contribution in [0, 0.1) is 0 Å². The Morgan fingerprint density at radius 1 is 1.16 bits per heavy atom. The standard InChI is InChI=1S/C13H9ClN4S/c14-10-3-1-9(2-4-10)7-17-18-12-11-5-6-19-13(11)16-8-15-12/h1-8H,(H,15,16,18)/b17-7+. The molecule has 0 fully saturated rings. The van der Waals surface area contributed by atoms with Gasteiger partial charge in [-0.1, -0.05) is 23.7 Å². The lowest BCUT2D eigenvalue weighted by Crippen LogP contribution is -1.94. The van der Waals surface area contributed by atoms with Crippen molar-refractivity contribution in [3.05, 3.63) is 52.6 Å². The van der Waals surface area contributed by atoms with E-state index < -0.39 is 0 Å². The predicted octanol–water partition coefficient (Wildman–Crippen LogP) is 3.79. The number of anilines is 1. The normalized spacial score (nSPS) is 11.2.